The van der Waals surface area contributed by atoms with Crippen LogP contribution >= 0.6 is 0 Å². The zero-order valence-electron chi connectivity index (χ0n) is 9.76. The van der Waals surface area contributed by atoms with Crippen molar-refractivity contribution < 1.29 is 17.9 Å². The molecule has 2 rings (SSSR count). The van der Waals surface area contributed by atoms with Crippen LogP contribution in [0, 0.1) is 5.82 Å². The molecule has 18 heavy (non-hydrogen) atoms. The lowest BCUT2D eigenvalue weighted by Gasteiger charge is -2.26. The Morgan fingerprint density at radius 2 is 1.89 bits per heavy atom. The minimum atomic E-state index is -3.63. The molecule has 1 aromatic carbocycles. The van der Waals surface area contributed by atoms with Crippen molar-refractivity contribution in [1.82, 2.24) is 4.31 Å². The van der Waals surface area contributed by atoms with E-state index in [1.807, 2.05) is 0 Å². The van der Waals surface area contributed by atoms with Gasteiger partial charge in [0.1, 0.15) is 0 Å². The van der Waals surface area contributed by atoms with Gasteiger partial charge in [0.05, 0.1) is 5.69 Å². The lowest BCUT2D eigenvalue weighted by molar-refractivity contribution is 0.349. The first-order valence-corrected chi connectivity index (χ1v) is 7.19. The third-order valence-corrected chi connectivity index (χ3v) is 4.39. The number of piperidine rings is 1. The molecule has 0 unspecified atom stereocenters. The summed E-state index contributed by atoms with van der Waals surface area (Å²) in [5.74, 6) is -1.36. The maximum absolute atomic E-state index is 13.1. The van der Waals surface area contributed by atoms with E-state index in [0.717, 1.165) is 31.4 Å². The van der Waals surface area contributed by atoms with Crippen molar-refractivity contribution >= 4 is 15.9 Å². The molecule has 1 aliphatic heterocycles. The highest BCUT2D eigenvalue weighted by Gasteiger charge is 2.23. The predicted molar refractivity (Wildman–Crippen MR) is 66.0 cm³/mol. The molecular formula is C11H15FN2O3S. The second-order valence-electron chi connectivity index (χ2n) is 4.23. The molecular weight excluding hydrogens is 259 g/mol. The fourth-order valence-corrected chi connectivity index (χ4v) is 3.18. The average molecular weight is 274 g/mol. The summed E-state index contributed by atoms with van der Waals surface area (Å²) in [5, 5.41) is 9.03. The van der Waals surface area contributed by atoms with Crippen molar-refractivity contribution in [2.75, 3.05) is 17.8 Å². The fraction of sp³-hybridized carbons (Fsp3) is 0.455. The molecule has 1 fully saturated rings. The Kier molecular flexibility index (Phi) is 3.72. The van der Waals surface area contributed by atoms with Crippen LogP contribution in [-0.2, 0) is 10.2 Å². The first-order chi connectivity index (χ1) is 8.49. The molecule has 7 heteroatoms. The van der Waals surface area contributed by atoms with Gasteiger partial charge in [0.15, 0.2) is 11.6 Å². The standard InChI is InChI=1S/C11H15FN2O3S/c12-10-8-9(4-5-11(10)15)13-18(16,17)14-6-2-1-3-7-14/h4-5,8,13,15H,1-3,6-7H2. The summed E-state index contributed by atoms with van der Waals surface area (Å²) >= 11 is 0. The predicted octanol–water partition coefficient (Wildman–Crippen LogP) is 1.67. The van der Waals surface area contributed by atoms with Gasteiger partial charge in [-0.15, -0.1) is 0 Å². The number of aromatic hydroxyl groups is 1. The SMILES string of the molecule is O=S(=O)(Nc1ccc(O)c(F)c1)N1CCCCC1. The number of phenols is 1. The van der Waals surface area contributed by atoms with Crippen LogP contribution in [0.15, 0.2) is 18.2 Å². The van der Waals surface area contributed by atoms with Gasteiger partial charge < -0.3 is 5.11 Å². The van der Waals surface area contributed by atoms with Gasteiger partial charge in [-0.3, -0.25) is 4.72 Å². The normalized spacial score (nSPS) is 17.6. The van der Waals surface area contributed by atoms with E-state index in [-0.39, 0.29) is 5.69 Å². The van der Waals surface area contributed by atoms with Crippen molar-refractivity contribution in [3.05, 3.63) is 24.0 Å². The highest BCUT2D eigenvalue weighted by molar-refractivity contribution is 7.90. The Hall–Kier alpha value is -1.34. The number of nitrogens with one attached hydrogen (secondary N) is 1. The summed E-state index contributed by atoms with van der Waals surface area (Å²) in [4.78, 5) is 0. The largest absolute Gasteiger partial charge is 0.505 e. The molecule has 0 aromatic heterocycles. The summed E-state index contributed by atoms with van der Waals surface area (Å²) < 4.78 is 40.7. The Morgan fingerprint density at radius 1 is 1.22 bits per heavy atom. The average Bonchev–Trinajstić information content (AvgIpc) is 2.35. The topological polar surface area (TPSA) is 69.6 Å². The molecule has 1 aromatic rings. The quantitative estimate of drug-likeness (QED) is 0.824. The van der Waals surface area contributed by atoms with Gasteiger partial charge in [0.2, 0.25) is 0 Å². The molecule has 100 valence electrons. The van der Waals surface area contributed by atoms with E-state index in [4.69, 9.17) is 5.11 Å². The van der Waals surface area contributed by atoms with E-state index >= 15 is 0 Å². The van der Waals surface area contributed by atoms with Crippen LogP contribution in [0.25, 0.3) is 0 Å². The van der Waals surface area contributed by atoms with Gasteiger partial charge >= 0.3 is 10.2 Å². The molecule has 1 aliphatic rings. The zero-order valence-corrected chi connectivity index (χ0v) is 10.6. The van der Waals surface area contributed by atoms with Crippen molar-refractivity contribution in [2.24, 2.45) is 0 Å². The van der Waals surface area contributed by atoms with E-state index in [2.05, 4.69) is 4.72 Å². The van der Waals surface area contributed by atoms with E-state index < -0.39 is 21.8 Å². The zero-order chi connectivity index (χ0) is 13.2. The first kappa shape index (κ1) is 13.1. The molecule has 0 radical (unpaired) electrons. The highest BCUT2D eigenvalue weighted by atomic mass is 32.2. The van der Waals surface area contributed by atoms with Crippen molar-refractivity contribution in [2.45, 2.75) is 19.3 Å². The van der Waals surface area contributed by atoms with E-state index in [1.165, 1.54) is 10.4 Å². The minimum absolute atomic E-state index is 0.107. The van der Waals surface area contributed by atoms with Gasteiger partial charge in [-0.05, 0) is 25.0 Å². The molecule has 0 saturated carbocycles. The Labute approximate surface area is 105 Å². The van der Waals surface area contributed by atoms with E-state index in [9.17, 15) is 12.8 Å². The summed E-state index contributed by atoms with van der Waals surface area (Å²) in [7, 11) is -3.63. The number of halogens is 1. The summed E-state index contributed by atoms with van der Waals surface area (Å²) in [6, 6.07) is 3.39. The monoisotopic (exact) mass is 274 g/mol. The second kappa shape index (κ2) is 5.11. The van der Waals surface area contributed by atoms with Crippen LogP contribution in [0.5, 0.6) is 5.75 Å². The maximum Gasteiger partial charge on any atom is 0.301 e. The molecule has 0 atom stereocenters. The summed E-state index contributed by atoms with van der Waals surface area (Å²) in [6.07, 6.45) is 2.70. The van der Waals surface area contributed by atoms with Crippen LogP contribution in [0.4, 0.5) is 10.1 Å². The number of nitrogens with zero attached hydrogens (tertiary/aromatic N) is 1. The molecule has 0 aliphatic carbocycles. The van der Waals surface area contributed by atoms with Crippen LogP contribution in [-0.4, -0.2) is 30.9 Å². The Balaban J connectivity index is 2.13. The van der Waals surface area contributed by atoms with Crippen LogP contribution in [0.2, 0.25) is 0 Å². The molecule has 0 spiro atoms. The van der Waals surface area contributed by atoms with Gasteiger partial charge in [0.25, 0.3) is 0 Å². The fourth-order valence-electron chi connectivity index (χ4n) is 1.89. The molecule has 5 nitrogen and oxygen atoms in total. The van der Waals surface area contributed by atoms with Gasteiger partial charge in [0, 0.05) is 19.2 Å². The number of hydrogen-bond donors (Lipinski definition) is 2. The summed E-state index contributed by atoms with van der Waals surface area (Å²) in [5.41, 5.74) is 0.107. The van der Waals surface area contributed by atoms with Crippen molar-refractivity contribution in [1.29, 1.82) is 0 Å². The second-order valence-corrected chi connectivity index (χ2v) is 5.90. The highest BCUT2D eigenvalue weighted by Crippen LogP contribution is 2.21. The van der Waals surface area contributed by atoms with Gasteiger partial charge in [-0.25, -0.2) is 4.39 Å². The van der Waals surface area contributed by atoms with E-state index in [1.54, 1.807) is 0 Å². The first-order valence-electron chi connectivity index (χ1n) is 5.75. The van der Waals surface area contributed by atoms with Crippen LogP contribution < -0.4 is 4.72 Å². The third kappa shape index (κ3) is 2.91. The van der Waals surface area contributed by atoms with Gasteiger partial charge in [-0.1, -0.05) is 6.42 Å². The minimum Gasteiger partial charge on any atom is -0.505 e. The Morgan fingerprint density at radius 3 is 2.50 bits per heavy atom. The smallest absolute Gasteiger partial charge is 0.301 e. The number of benzene rings is 1. The van der Waals surface area contributed by atoms with Crippen molar-refractivity contribution in [3.63, 3.8) is 0 Å². The molecule has 2 N–H and O–H groups in total. The molecule has 0 bridgehead atoms. The molecule has 1 heterocycles. The maximum atomic E-state index is 13.1. The lowest BCUT2D eigenvalue weighted by atomic mass is 10.2. The number of anilines is 1. The number of rotatable bonds is 3. The lowest BCUT2D eigenvalue weighted by Crippen LogP contribution is -2.39. The van der Waals surface area contributed by atoms with E-state index in [0.29, 0.717) is 13.1 Å². The Bertz CT molecular complexity index is 527. The van der Waals surface area contributed by atoms with Crippen LogP contribution in [0.1, 0.15) is 19.3 Å². The number of phenolic OH excluding ortho intramolecular Hbond substituents is 1. The molecule has 1 saturated heterocycles. The third-order valence-electron chi connectivity index (χ3n) is 2.85. The summed E-state index contributed by atoms with van der Waals surface area (Å²) in [6.45, 7) is 0.964. The van der Waals surface area contributed by atoms with Gasteiger partial charge in [-0.2, -0.15) is 12.7 Å². The number of hydrogen-bond acceptors (Lipinski definition) is 3. The molecule has 0 amide bonds. The van der Waals surface area contributed by atoms with Crippen LogP contribution in [0.3, 0.4) is 0 Å². The van der Waals surface area contributed by atoms with Crippen molar-refractivity contribution in [3.8, 4) is 5.75 Å².